The minimum absolute atomic E-state index is 0.536. The van der Waals surface area contributed by atoms with Crippen molar-refractivity contribution in [1.82, 2.24) is 0 Å². The summed E-state index contributed by atoms with van der Waals surface area (Å²) >= 11 is 6.00. The van der Waals surface area contributed by atoms with Crippen molar-refractivity contribution in [3.8, 4) is 0 Å². The zero-order valence-corrected chi connectivity index (χ0v) is 9.32. The van der Waals surface area contributed by atoms with Crippen LogP contribution < -0.4 is 10.6 Å². The molecule has 3 heteroatoms. The number of nitrogens with zero attached hydrogens (tertiary/aromatic N) is 1. The molecule has 1 heterocycles. The van der Waals surface area contributed by atoms with Gasteiger partial charge in [0, 0.05) is 29.8 Å². The van der Waals surface area contributed by atoms with E-state index in [4.69, 9.17) is 17.3 Å². The van der Waals surface area contributed by atoms with Gasteiger partial charge in [-0.1, -0.05) is 17.7 Å². The number of anilines is 1. The van der Waals surface area contributed by atoms with E-state index in [1.54, 1.807) is 0 Å². The maximum atomic E-state index is 6.00. The van der Waals surface area contributed by atoms with Crippen LogP contribution in [-0.2, 0) is 0 Å². The van der Waals surface area contributed by atoms with Crippen molar-refractivity contribution in [2.75, 3.05) is 18.0 Å². The molecule has 0 spiro atoms. The summed E-state index contributed by atoms with van der Waals surface area (Å²) in [5.41, 5.74) is 7.07. The SMILES string of the molecule is NCC1C2CC2CN1c1cccc(Cl)c1. The molecule has 3 unspecified atom stereocenters. The average molecular weight is 223 g/mol. The lowest BCUT2D eigenvalue weighted by molar-refractivity contribution is 0.605. The molecule has 2 N–H and O–H groups in total. The number of rotatable bonds is 2. The second-order valence-electron chi connectivity index (χ2n) is 4.59. The molecule has 3 rings (SSSR count). The smallest absolute Gasteiger partial charge is 0.0444 e. The Morgan fingerprint density at radius 3 is 3.07 bits per heavy atom. The standard InChI is InChI=1S/C12H15ClN2/c13-9-2-1-3-10(5-9)15-7-8-4-11(8)12(15)6-14/h1-3,5,8,11-12H,4,6-7,14H2. The normalized spacial score (nSPS) is 32.9. The summed E-state index contributed by atoms with van der Waals surface area (Å²) in [5, 5.41) is 0.809. The Kier molecular flexibility index (Phi) is 2.15. The molecule has 2 aliphatic rings. The third kappa shape index (κ3) is 1.52. The quantitative estimate of drug-likeness (QED) is 0.831. The maximum Gasteiger partial charge on any atom is 0.0444 e. The fourth-order valence-corrected chi connectivity index (χ4v) is 3.01. The summed E-state index contributed by atoms with van der Waals surface area (Å²) in [7, 11) is 0. The van der Waals surface area contributed by atoms with Crippen molar-refractivity contribution in [1.29, 1.82) is 0 Å². The Morgan fingerprint density at radius 2 is 2.33 bits per heavy atom. The van der Waals surface area contributed by atoms with Crippen LogP contribution >= 0.6 is 11.6 Å². The Balaban J connectivity index is 1.88. The van der Waals surface area contributed by atoms with Crippen LogP contribution in [0.4, 0.5) is 5.69 Å². The number of halogens is 1. The predicted octanol–water partition coefficient (Wildman–Crippen LogP) is 2.12. The lowest BCUT2D eigenvalue weighted by atomic mass is 10.1. The average Bonchev–Trinajstić information content (AvgIpc) is 2.90. The van der Waals surface area contributed by atoms with Crippen molar-refractivity contribution < 1.29 is 0 Å². The lowest BCUT2D eigenvalue weighted by Crippen LogP contribution is -2.38. The lowest BCUT2D eigenvalue weighted by Gasteiger charge is -2.28. The molecule has 1 saturated carbocycles. The van der Waals surface area contributed by atoms with Gasteiger partial charge in [0.1, 0.15) is 0 Å². The van der Waals surface area contributed by atoms with Gasteiger partial charge in [-0.2, -0.15) is 0 Å². The first-order valence-corrected chi connectivity index (χ1v) is 5.89. The van der Waals surface area contributed by atoms with Gasteiger partial charge in [-0.3, -0.25) is 0 Å². The zero-order chi connectivity index (χ0) is 10.4. The van der Waals surface area contributed by atoms with Gasteiger partial charge in [-0.15, -0.1) is 0 Å². The van der Waals surface area contributed by atoms with Crippen LogP contribution in [0.1, 0.15) is 6.42 Å². The van der Waals surface area contributed by atoms with Gasteiger partial charge in [-0.25, -0.2) is 0 Å². The van der Waals surface area contributed by atoms with Gasteiger partial charge in [0.15, 0.2) is 0 Å². The Hall–Kier alpha value is -0.730. The molecule has 0 bridgehead atoms. The molecular weight excluding hydrogens is 208 g/mol. The van der Waals surface area contributed by atoms with Crippen molar-refractivity contribution in [2.24, 2.45) is 17.6 Å². The summed E-state index contributed by atoms with van der Waals surface area (Å²) < 4.78 is 0. The first-order valence-electron chi connectivity index (χ1n) is 5.52. The minimum atomic E-state index is 0.536. The minimum Gasteiger partial charge on any atom is -0.367 e. The van der Waals surface area contributed by atoms with Gasteiger partial charge in [-0.05, 0) is 36.5 Å². The van der Waals surface area contributed by atoms with E-state index in [9.17, 15) is 0 Å². The number of fused-ring (bicyclic) bond motifs is 1. The molecule has 15 heavy (non-hydrogen) atoms. The van der Waals surface area contributed by atoms with Gasteiger partial charge < -0.3 is 10.6 Å². The summed E-state index contributed by atoms with van der Waals surface area (Å²) in [4.78, 5) is 2.42. The number of piperidine rings is 1. The van der Waals surface area contributed by atoms with Crippen LogP contribution in [0.25, 0.3) is 0 Å². The highest BCUT2D eigenvalue weighted by atomic mass is 35.5. The van der Waals surface area contributed by atoms with Crippen LogP contribution in [0.3, 0.4) is 0 Å². The van der Waals surface area contributed by atoms with Crippen molar-refractivity contribution in [2.45, 2.75) is 12.5 Å². The molecule has 1 aliphatic heterocycles. The van der Waals surface area contributed by atoms with E-state index >= 15 is 0 Å². The second kappa shape index (κ2) is 3.39. The molecule has 3 atom stereocenters. The van der Waals surface area contributed by atoms with Crippen molar-refractivity contribution in [3.63, 3.8) is 0 Å². The molecule has 1 aromatic rings. The molecule has 1 aromatic carbocycles. The third-order valence-electron chi connectivity index (χ3n) is 3.68. The Morgan fingerprint density at radius 1 is 1.47 bits per heavy atom. The molecule has 1 aliphatic carbocycles. The molecule has 0 amide bonds. The van der Waals surface area contributed by atoms with E-state index in [0.717, 1.165) is 29.9 Å². The number of hydrogen-bond donors (Lipinski definition) is 1. The highest BCUT2D eigenvalue weighted by Crippen LogP contribution is 2.50. The zero-order valence-electron chi connectivity index (χ0n) is 8.57. The maximum absolute atomic E-state index is 6.00. The molecule has 2 fully saturated rings. The van der Waals surface area contributed by atoms with E-state index in [0.29, 0.717) is 6.04 Å². The number of nitrogens with two attached hydrogens (primary N) is 1. The summed E-state index contributed by atoms with van der Waals surface area (Å²) in [6.45, 7) is 1.92. The summed E-state index contributed by atoms with van der Waals surface area (Å²) in [5.74, 6) is 1.73. The van der Waals surface area contributed by atoms with E-state index in [-0.39, 0.29) is 0 Å². The third-order valence-corrected chi connectivity index (χ3v) is 3.92. The monoisotopic (exact) mass is 222 g/mol. The fourth-order valence-electron chi connectivity index (χ4n) is 2.83. The largest absolute Gasteiger partial charge is 0.367 e. The highest BCUT2D eigenvalue weighted by Gasteiger charge is 2.51. The number of benzene rings is 1. The van der Waals surface area contributed by atoms with Crippen LogP contribution in [0, 0.1) is 11.8 Å². The van der Waals surface area contributed by atoms with Gasteiger partial charge in [0.25, 0.3) is 0 Å². The topological polar surface area (TPSA) is 29.3 Å². The summed E-state index contributed by atoms with van der Waals surface area (Å²) in [6, 6.07) is 8.62. The Bertz CT molecular complexity index is 380. The first kappa shape index (κ1) is 9.49. The predicted molar refractivity (Wildman–Crippen MR) is 63.2 cm³/mol. The van der Waals surface area contributed by atoms with Crippen molar-refractivity contribution >= 4 is 17.3 Å². The molecule has 2 nitrogen and oxygen atoms in total. The molecule has 80 valence electrons. The number of hydrogen-bond acceptors (Lipinski definition) is 2. The van der Waals surface area contributed by atoms with E-state index in [2.05, 4.69) is 11.0 Å². The summed E-state index contributed by atoms with van der Waals surface area (Å²) in [6.07, 6.45) is 1.37. The van der Waals surface area contributed by atoms with Crippen LogP contribution in [-0.4, -0.2) is 19.1 Å². The molecular formula is C12H15ClN2. The first-order chi connectivity index (χ1) is 7.29. The van der Waals surface area contributed by atoms with Crippen LogP contribution in [0.5, 0.6) is 0 Å². The van der Waals surface area contributed by atoms with Gasteiger partial charge in [0.05, 0.1) is 0 Å². The molecule has 0 aromatic heterocycles. The second-order valence-corrected chi connectivity index (χ2v) is 5.03. The van der Waals surface area contributed by atoms with E-state index in [1.807, 2.05) is 18.2 Å². The van der Waals surface area contributed by atoms with E-state index < -0.39 is 0 Å². The van der Waals surface area contributed by atoms with Gasteiger partial charge in [0.2, 0.25) is 0 Å². The van der Waals surface area contributed by atoms with Crippen molar-refractivity contribution in [3.05, 3.63) is 29.3 Å². The van der Waals surface area contributed by atoms with E-state index in [1.165, 1.54) is 12.1 Å². The molecule has 0 radical (unpaired) electrons. The van der Waals surface area contributed by atoms with Crippen LogP contribution in [0.15, 0.2) is 24.3 Å². The Labute approximate surface area is 95.0 Å². The fraction of sp³-hybridized carbons (Fsp3) is 0.500. The molecule has 1 saturated heterocycles. The van der Waals surface area contributed by atoms with Gasteiger partial charge >= 0.3 is 0 Å². The van der Waals surface area contributed by atoms with Crippen LogP contribution in [0.2, 0.25) is 5.02 Å². The highest BCUT2D eigenvalue weighted by molar-refractivity contribution is 6.30.